The van der Waals surface area contributed by atoms with E-state index in [9.17, 15) is 5.11 Å². The highest BCUT2D eigenvalue weighted by atomic mass is 16.3. The van der Waals surface area contributed by atoms with Gasteiger partial charge in [0.25, 0.3) is 0 Å². The van der Waals surface area contributed by atoms with E-state index in [2.05, 4.69) is 33.0 Å². The maximum Gasteiger partial charge on any atom is 0.147 e. The van der Waals surface area contributed by atoms with Gasteiger partial charge in [0, 0.05) is 32.7 Å². The van der Waals surface area contributed by atoms with Gasteiger partial charge >= 0.3 is 0 Å². The molecule has 1 N–H and O–H groups in total. The lowest BCUT2D eigenvalue weighted by molar-refractivity contribution is 0.249. The van der Waals surface area contributed by atoms with Crippen LogP contribution in [0.4, 0.5) is 5.82 Å². The summed E-state index contributed by atoms with van der Waals surface area (Å²) in [6.07, 6.45) is 1.86. The number of benzene rings is 3. The van der Waals surface area contributed by atoms with Crippen molar-refractivity contribution in [3.05, 3.63) is 84.1 Å². The number of nitrogens with zero attached hydrogens (tertiary/aromatic N) is 5. The quantitative estimate of drug-likeness (QED) is 0.532. The van der Waals surface area contributed by atoms with Crippen molar-refractivity contribution in [2.75, 3.05) is 31.1 Å². The molecule has 1 aliphatic rings. The minimum absolute atomic E-state index is 0.258. The maximum absolute atomic E-state index is 9.54. The van der Waals surface area contributed by atoms with Crippen LogP contribution < -0.4 is 4.90 Å². The molecule has 0 spiro atoms. The average Bonchev–Trinajstić information content (AvgIpc) is 2.84. The molecule has 3 aromatic carbocycles. The van der Waals surface area contributed by atoms with Gasteiger partial charge in [0.2, 0.25) is 0 Å². The fourth-order valence-corrected chi connectivity index (χ4v) is 4.12. The molecule has 0 saturated carbocycles. The maximum atomic E-state index is 9.54. The zero-order valence-corrected chi connectivity index (χ0v) is 17.6. The smallest absolute Gasteiger partial charge is 0.147 e. The van der Waals surface area contributed by atoms with Crippen LogP contribution in [0.25, 0.3) is 22.2 Å². The minimum atomic E-state index is 0.258. The number of hydrogen-bond acceptors (Lipinski definition) is 6. The van der Waals surface area contributed by atoms with E-state index in [1.165, 1.54) is 5.56 Å². The van der Waals surface area contributed by atoms with E-state index in [1.54, 1.807) is 12.1 Å². The van der Waals surface area contributed by atoms with E-state index in [0.717, 1.165) is 60.7 Å². The number of rotatable bonds is 4. The Morgan fingerprint density at radius 1 is 0.875 bits per heavy atom. The Hall–Kier alpha value is -3.95. The predicted octanol–water partition coefficient (Wildman–Crippen LogP) is 4.20. The van der Waals surface area contributed by atoms with Crippen LogP contribution in [-0.4, -0.2) is 46.2 Å². The molecule has 0 radical (unpaired) electrons. The number of phenols is 1. The van der Waals surface area contributed by atoms with Gasteiger partial charge in [-0.1, -0.05) is 30.3 Å². The summed E-state index contributed by atoms with van der Waals surface area (Å²) in [6, 6.07) is 23.3. The van der Waals surface area contributed by atoms with Crippen LogP contribution in [0.1, 0.15) is 11.1 Å². The fraction of sp³-hybridized carbons (Fsp3) is 0.192. The van der Waals surface area contributed by atoms with Crippen molar-refractivity contribution >= 4 is 16.9 Å². The number of aromatic nitrogens is 2. The summed E-state index contributed by atoms with van der Waals surface area (Å²) in [5.74, 6) is 1.15. The van der Waals surface area contributed by atoms with Crippen molar-refractivity contribution in [3.63, 3.8) is 0 Å². The van der Waals surface area contributed by atoms with Crippen molar-refractivity contribution in [1.82, 2.24) is 14.9 Å². The number of aromatic hydroxyl groups is 1. The van der Waals surface area contributed by atoms with Crippen molar-refractivity contribution in [1.29, 1.82) is 5.26 Å². The summed E-state index contributed by atoms with van der Waals surface area (Å²) in [6.45, 7) is 4.49. The number of nitriles is 1. The van der Waals surface area contributed by atoms with Crippen LogP contribution in [0.3, 0.4) is 0 Å². The zero-order chi connectivity index (χ0) is 21.9. The van der Waals surface area contributed by atoms with Gasteiger partial charge in [-0.05, 0) is 53.1 Å². The fourth-order valence-electron chi connectivity index (χ4n) is 4.12. The Morgan fingerprint density at radius 3 is 2.44 bits per heavy atom. The Labute approximate surface area is 187 Å². The molecule has 4 aromatic rings. The van der Waals surface area contributed by atoms with Gasteiger partial charge in [-0.3, -0.25) is 9.88 Å². The lowest BCUT2D eigenvalue weighted by Gasteiger charge is -2.35. The molecule has 0 unspecified atom stereocenters. The summed E-state index contributed by atoms with van der Waals surface area (Å²) < 4.78 is 0. The van der Waals surface area contributed by atoms with E-state index in [-0.39, 0.29) is 5.75 Å². The summed E-state index contributed by atoms with van der Waals surface area (Å²) >= 11 is 0. The Kier molecular flexibility index (Phi) is 5.40. The van der Waals surface area contributed by atoms with Gasteiger partial charge in [-0.15, -0.1) is 0 Å². The van der Waals surface area contributed by atoms with Crippen molar-refractivity contribution in [3.8, 4) is 22.9 Å². The first-order valence-corrected chi connectivity index (χ1v) is 10.7. The molecule has 0 bridgehead atoms. The van der Waals surface area contributed by atoms with Gasteiger partial charge in [0.15, 0.2) is 0 Å². The van der Waals surface area contributed by atoms with Crippen LogP contribution in [0.2, 0.25) is 0 Å². The highest BCUT2D eigenvalue weighted by Crippen LogP contribution is 2.26. The molecular formula is C26H23N5O. The first kappa shape index (κ1) is 20.0. The van der Waals surface area contributed by atoms with Crippen molar-refractivity contribution in [2.24, 2.45) is 0 Å². The van der Waals surface area contributed by atoms with Gasteiger partial charge in [-0.2, -0.15) is 5.26 Å². The molecule has 2 heterocycles. The molecule has 1 saturated heterocycles. The Bertz CT molecular complexity index is 1290. The minimum Gasteiger partial charge on any atom is -0.508 e. The topological polar surface area (TPSA) is 76.3 Å². The second-order valence-corrected chi connectivity index (χ2v) is 8.05. The van der Waals surface area contributed by atoms with Crippen LogP contribution in [0.15, 0.2) is 72.9 Å². The second kappa shape index (κ2) is 8.66. The van der Waals surface area contributed by atoms with Crippen molar-refractivity contribution < 1.29 is 5.11 Å². The van der Waals surface area contributed by atoms with Crippen LogP contribution in [0.5, 0.6) is 5.75 Å². The predicted molar refractivity (Wildman–Crippen MR) is 125 cm³/mol. The van der Waals surface area contributed by atoms with Crippen LogP contribution >= 0.6 is 0 Å². The third kappa shape index (κ3) is 4.25. The molecule has 0 amide bonds. The van der Waals surface area contributed by atoms with Gasteiger partial charge in [-0.25, -0.2) is 4.98 Å². The summed E-state index contributed by atoms with van der Waals surface area (Å²) in [7, 11) is 0. The summed E-state index contributed by atoms with van der Waals surface area (Å²) in [5, 5.41) is 18.6. The lowest BCUT2D eigenvalue weighted by atomic mass is 10.0. The standard InChI is InChI=1S/C26H23N5O/c27-16-19-2-1-3-20(14-19)18-30-10-12-31(13-11-30)26-17-28-24-9-6-22(15-25(24)29-26)21-4-7-23(32)8-5-21/h1-9,14-15,17,32H,10-13,18H2. The molecule has 32 heavy (non-hydrogen) atoms. The summed E-state index contributed by atoms with van der Waals surface area (Å²) in [4.78, 5) is 14.2. The molecule has 1 fully saturated rings. The number of phenolic OH excluding ortho intramolecular Hbond substituents is 1. The normalized spacial score (nSPS) is 14.4. The summed E-state index contributed by atoms with van der Waals surface area (Å²) in [5.41, 5.74) is 5.69. The first-order chi connectivity index (χ1) is 15.7. The number of hydrogen-bond donors (Lipinski definition) is 1. The highest BCUT2D eigenvalue weighted by Gasteiger charge is 2.19. The van der Waals surface area contributed by atoms with E-state index in [0.29, 0.717) is 5.56 Å². The first-order valence-electron chi connectivity index (χ1n) is 10.7. The molecule has 5 rings (SSSR count). The molecule has 0 atom stereocenters. The SMILES string of the molecule is N#Cc1cccc(CN2CCN(c3cnc4ccc(-c5ccc(O)cc5)cc4n3)CC2)c1. The second-order valence-electron chi connectivity index (χ2n) is 8.05. The number of fused-ring (bicyclic) bond motifs is 1. The third-order valence-electron chi connectivity index (χ3n) is 5.89. The van der Waals surface area contributed by atoms with E-state index >= 15 is 0 Å². The molecule has 0 aliphatic carbocycles. The molecule has 6 nitrogen and oxygen atoms in total. The van der Waals surface area contributed by atoms with E-state index in [1.807, 2.05) is 48.7 Å². The molecule has 6 heteroatoms. The molecular weight excluding hydrogens is 398 g/mol. The largest absolute Gasteiger partial charge is 0.508 e. The van der Waals surface area contributed by atoms with E-state index in [4.69, 9.17) is 10.2 Å². The van der Waals surface area contributed by atoms with Crippen molar-refractivity contribution in [2.45, 2.75) is 6.54 Å². The zero-order valence-electron chi connectivity index (χ0n) is 17.6. The number of anilines is 1. The monoisotopic (exact) mass is 421 g/mol. The van der Waals surface area contributed by atoms with Crippen LogP contribution in [-0.2, 0) is 6.54 Å². The van der Waals surface area contributed by atoms with Gasteiger partial charge in [0.1, 0.15) is 11.6 Å². The molecule has 1 aliphatic heterocycles. The Balaban J connectivity index is 1.29. The number of piperazine rings is 1. The third-order valence-corrected chi connectivity index (χ3v) is 5.89. The lowest BCUT2D eigenvalue weighted by Crippen LogP contribution is -2.46. The molecule has 1 aromatic heterocycles. The van der Waals surface area contributed by atoms with Crippen LogP contribution in [0, 0.1) is 11.3 Å². The highest BCUT2D eigenvalue weighted by molar-refractivity contribution is 5.82. The van der Waals surface area contributed by atoms with Gasteiger partial charge in [0.05, 0.1) is 28.9 Å². The Morgan fingerprint density at radius 2 is 1.66 bits per heavy atom. The van der Waals surface area contributed by atoms with E-state index < -0.39 is 0 Å². The average molecular weight is 422 g/mol. The molecule has 158 valence electrons. The van der Waals surface area contributed by atoms with Gasteiger partial charge < -0.3 is 10.0 Å².